The lowest BCUT2D eigenvalue weighted by molar-refractivity contribution is 0.559. The van der Waals surface area contributed by atoms with Crippen molar-refractivity contribution in [2.45, 2.75) is 26.2 Å². The van der Waals surface area contributed by atoms with Crippen LogP contribution in [0.25, 0.3) is 11.0 Å². The van der Waals surface area contributed by atoms with Gasteiger partial charge in [0.2, 0.25) is 0 Å². The Labute approximate surface area is 150 Å². The molecule has 2 heterocycles. The molecule has 0 radical (unpaired) electrons. The minimum Gasteiger partial charge on any atom is -0.423 e. The molecule has 0 aliphatic carbocycles. The lowest BCUT2D eigenvalue weighted by atomic mass is 10.1. The lowest BCUT2D eigenvalue weighted by Gasteiger charge is -2.04. The van der Waals surface area contributed by atoms with Gasteiger partial charge in [0.15, 0.2) is 5.82 Å². The number of H-pyrrole nitrogens is 1. The highest BCUT2D eigenvalue weighted by atomic mass is 16.4. The molecule has 4 rings (SSSR count). The molecule has 130 valence electrons. The Morgan fingerprint density at radius 1 is 1.04 bits per heavy atom. The van der Waals surface area contributed by atoms with Crippen LogP contribution in [-0.4, -0.2) is 15.2 Å². The Morgan fingerprint density at radius 3 is 2.73 bits per heavy atom. The molecule has 0 aliphatic rings. The zero-order valence-electron chi connectivity index (χ0n) is 14.5. The van der Waals surface area contributed by atoms with Gasteiger partial charge in [-0.3, -0.25) is 5.10 Å². The standard InChI is InChI=1S/C21H19N3O2/c1-14-7-9-17-16(13-21(25)26-18(17)11-14)12-20-22-19(23-24-20)10-8-15-5-3-2-4-6-15/h2-7,9,11,13H,8,10,12H2,1H3,(H,22,23,24). The minimum atomic E-state index is -0.345. The van der Waals surface area contributed by atoms with Crippen LogP contribution in [0.2, 0.25) is 0 Å². The number of rotatable bonds is 5. The first kappa shape index (κ1) is 16.3. The zero-order chi connectivity index (χ0) is 17.9. The van der Waals surface area contributed by atoms with Crippen molar-refractivity contribution in [1.29, 1.82) is 0 Å². The van der Waals surface area contributed by atoms with Gasteiger partial charge in [0.1, 0.15) is 11.4 Å². The number of nitrogens with zero attached hydrogens (tertiary/aromatic N) is 2. The maximum Gasteiger partial charge on any atom is 0.336 e. The molecule has 0 saturated heterocycles. The second-order valence-corrected chi connectivity index (χ2v) is 6.45. The topological polar surface area (TPSA) is 71.8 Å². The van der Waals surface area contributed by atoms with Crippen LogP contribution in [-0.2, 0) is 19.3 Å². The van der Waals surface area contributed by atoms with Gasteiger partial charge in [-0.05, 0) is 36.1 Å². The third-order valence-electron chi connectivity index (χ3n) is 4.40. The van der Waals surface area contributed by atoms with E-state index < -0.39 is 0 Å². The molecule has 0 unspecified atom stereocenters. The molecule has 2 aromatic heterocycles. The number of benzene rings is 2. The molecule has 0 amide bonds. The van der Waals surface area contributed by atoms with Crippen molar-refractivity contribution in [1.82, 2.24) is 15.2 Å². The summed E-state index contributed by atoms with van der Waals surface area (Å²) >= 11 is 0. The number of nitrogens with one attached hydrogen (secondary N) is 1. The SMILES string of the molecule is Cc1ccc2c(Cc3nc(CCc4ccccc4)n[nH]3)cc(=O)oc2c1. The second-order valence-electron chi connectivity index (χ2n) is 6.45. The molecule has 2 aromatic carbocycles. The number of aromatic nitrogens is 3. The molecule has 5 heteroatoms. The van der Waals surface area contributed by atoms with Crippen molar-refractivity contribution < 1.29 is 4.42 Å². The van der Waals surface area contributed by atoms with Gasteiger partial charge in [-0.25, -0.2) is 9.78 Å². The van der Waals surface area contributed by atoms with E-state index in [2.05, 4.69) is 27.3 Å². The first-order valence-electron chi connectivity index (χ1n) is 8.65. The van der Waals surface area contributed by atoms with Crippen LogP contribution in [0.4, 0.5) is 0 Å². The maximum atomic E-state index is 11.9. The largest absolute Gasteiger partial charge is 0.423 e. The molecule has 0 aliphatic heterocycles. The Bertz CT molecular complexity index is 1100. The van der Waals surface area contributed by atoms with E-state index in [-0.39, 0.29) is 5.63 Å². The zero-order valence-corrected chi connectivity index (χ0v) is 14.5. The molecule has 0 spiro atoms. The van der Waals surface area contributed by atoms with Gasteiger partial charge in [-0.1, -0.05) is 42.5 Å². The van der Waals surface area contributed by atoms with Gasteiger partial charge in [0, 0.05) is 24.3 Å². The smallest absolute Gasteiger partial charge is 0.336 e. The van der Waals surface area contributed by atoms with E-state index in [0.29, 0.717) is 12.0 Å². The number of hydrogen-bond donors (Lipinski definition) is 1. The molecule has 0 bridgehead atoms. The van der Waals surface area contributed by atoms with Gasteiger partial charge in [-0.2, -0.15) is 5.10 Å². The molecular formula is C21H19N3O2. The predicted molar refractivity (Wildman–Crippen MR) is 100 cm³/mol. The fraction of sp³-hybridized carbons (Fsp3) is 0.190. The summed E-state index contributed by atoms with van der Waals surface area (Å²) in [5, 5.41) is 8.23. The summed E-state index contributed by atoms with van der Waals surface area (Å²) in [6, 6.07) is 17.7. The summed E-state index contributed by atoms with van der Waals surface area (Å²) in [5.74, 6) is 1.53. The van der Waals surface area contributed by atoms with Crippen LogP contribution in [0, 0.1) is 6.92 Å². The fourth-order valence-corrected chi connectivity index (χ4v) is 3.09. The van der Waals surface area contributed by atoms with Crippen LogP contribution in [0.15, 0.2) is 63.8 Å². The summed E-state index contributed by atoms with van der Waals surface area (Å²) in [6.45, 7) is 1.97. The molecule has 5 nitrogen and oxygen atoms in total. The molecule has 0 fully saturated rings. The van der Waals surface area contributed by atoms with Gasteiger partial charge in [0.05, 0.1) is 0 Å². The number of aromatic amines is 1. The second kappa shape index (κ2) is 6.96. The van der Waals surface area contributed by atoms with Crippen molar-refractivity contribution in [2.75, 3.05) is 0 Å². The first-order valence-corrected chi connectivity index (χ1v) is 8.65. The Balaban J connectivity index is 1.54. The van der Waals surface area contributed by atoms with E-state index in [0.717, 1.165) is 41.0 Å². The van der Waals surface area contributed by atoms with Gasteiger partial charge in [-0.15, -0.1) is 0 Å². The fourth-order valence-electron chi connectivity index (χ4n) is 3.09. The highest BCUT2D eigenvalue weighted by Crippen LogP contribution is 2.20. The molecule has 0 saturated carbocycles. The summed E-state index contributed by atoms with van der Waals surface area (Å²) in [5.41, 5.74) is 3.47. The van der Waals surface area contributed by atoms with Crippen molar-refractivity contribution in [3.63, 3.8) is 0 Å². The van der Waals surface area contributed by atoms with Crippen LogP contribution in [0.5, 0.6) is 0 Å². The minimum absolute atomic E-state index is 0.345. The Hall–Kier alpha value is -3.21. The van der Waals surface area contributed by atoms with Crippen LogP contribution >= 0.6 is 0 Å². The number of hydrogen-bond acceptors (Lipinski definition) is 4. The molecular weight excluding hydrogens is 326 g/mol. The van der Waals surface area contributed by atoms with E-state index in [1.165, 1.54) is 11.6 Å². The highest BCUT2D eigenvalue weighted by molar-refractivity contribution is 5.81. The van der Waals surface area contributed by atoms with Gasteiger partial charge in [0.25, 0.3) is 0 Å². The lowest BCUT2D eigenvalue weighted by Crippen LogP contribution is -2.02. The predicted octanol–water partition coefficient (Wildman–Crippen LogP) is 3.60. The van der Waals surface area contributed by atoms with Crippen molar-refractivity contribution in [3.8, 4) is 0 Å². The normalized spacial score (nSPS) is 11.1. The molecule has 1 N–H and O–H groups in total. The molecule has 26 heavy (non-hydrogen) atoms. The van der Waals surface area contributed by atoms with Gasteiger partial charge < -0.3 is 4.42 Å². The number of fused-ring (bicyclic) bond motifs is 1. The summed E-state index contributed by atoms with van der Waals surface area (Å²) < 4.78 is 5.31. The van der Waals surface area contributed by atoms with Crippen LogP contribution in [0.3, 0.4) is 0 Å². The number of aryl methyl sites for hydroxylation is 3. The monoisotopic (exact) mass is 345 g/mol. The van der Waals surface area contributed by atoms with Gasteiger partial charge >= 0.3 is 5.63 Å². The Morgan fingerprint density at radius 2 is 1.88 bits per heavy atom. The average molecular weight is 345 g/mol. The molecule has 4 aromatic rings. The molecule has 0 atom stereocenters. The van der Waals surface area contributed by atoms with E-state index in [1.54, 1.807) is 0 Å². The first-order chi connectivity index (χ1) is 12.7. The highest BCUT2D eigenvalue weighted by Gasteiger charge is 2.10. The van der Waals surface area contributed by atoms with Crippen LogP contribution in [0.1, 0.15) is 28.3 Å². The van der Waals surface area contributed by atoms with E-state index in [9.17, 15) is 4.79 Å². The third-order valence-corrected chi connectivity index (χ3v) is 4.40. The average Bonchev–Trinajstić information content (AvgIpc) is 3.08. The summed E-state index contributed by atoms with van der Waals surface area (Å²) in [7, 11) is 0. The van der Waals surface area contributed by atoms with Crippen molar-refractivity contribution in [2.24, 2.45) is 0 Å². The summed E-state index contributed by atoms with van der Waals surface area (Å²) in [4.78, 5) is 16.4. The Kier molecular flexibility index (Phi) is 4.35. The van der Waals surface area contributed by atoms with E-state index in [4.69, 9.17) is 4.42 Å². The van der Waals surface area contributed by atoms with Crippen molar-refractivity contribution in [3.05, 3.63) is 93.4 Å². The summed E-state index contributed by atoms with van der Waals surface area (Å²) in [6.07, 6.45) is 2.19. The quantitative estimate of drug-likeness (QED) is 0.561. The van der Waals surface area contributed by atoms with E-state index in [1.807, 2.05) is 43.3 Å². The maximum absolute atomic E-state index is 11.9. The van der Waals surface area contributed by atoms with E-state index >= 15 is 0 Å². The van der Waals surface area contributed by atoms with Crippen LogP contribution < -0.4 is 5.63 Å². The third kappa shape index (κ3) is 3.57. The van der Waals surface area contributed by atoms with Crippen molar-refractivity contribution >= 4 is 11.0 Å².